The van der Waals surface area contributed by atoms with Crippen LogP contribution in [0.3, 0.4) is 0 Å². The van der Waals surface area contributed by atoms with Gasteiger partial charge in [-0.2, -0.15) is 0 Å². The molecule has 11 heteroatoms. The average molecular weight is 537 g/mol. The minimum Gasteiger partial charge on any atom is -0.488 e. The highest BCUT2D eigenvalue weighted by molar-refractivity contribution is 6.03. The molecule has 1 aliphatic heterocycles. The van der Waals surface area contributed by atoms with Gasteiger partial charge < -0.3 is 29.9 Å². The third-order valence-electron chi connectivity index (χ3n) is 6.89. The summed E-state index contributed by atoms with van der Waals surface area (Å²) in [6.45, 7) is 8.90. The molecule has 0 aliphatic carbocycles. The maximum atomic E-state index is 13.7. The predicted molar refractivity (Wildman–Crippen MR) is 147 cm³/mol. The van der Waals surface area contributed by atoms with Crippen LogP contribution >= 0.6 is 0 Å². The first kappa shape index (κ1) is 28.1. The Bertz CT molecular complexity index is 1280. The molecule has 208 valence electrons. The van der Waals surface area contributed by atoms with Crippen molar-refractivity contribution >= 4 is 23.3 Å². The van der Waals surface area contributed by atoms with Crippen LogP contribution in [0.15, 0.2) is 47.2 Å². The summed E-state index contributed by atoms with van der Waals surface area (Å²) in [5.74, 6) is 0.652. The molecule has 3 atom stereocenters. The summed E-state index contributed by atoms with van der Waals surface area (Å²) in [5.41, 5.74) is 2.94. The van der Waals surface area contributed by atoms with Gasteiger partial charge in [-0.05, 0) is 63.7 Å². The van der Waals surface area contributed by atoms with Gasteiger partial charge in [-0.25, -0.2) is 4.79 Å². The van der Waals surface area contributed by atoms with E-state index in [0.717, 1.165) is 12.1 Å². The number of fused-ring (bicyclic) bond motifs is 1. The largest absolute Gasteiger partial charge is 0.488 e. The Hall–Kier alpha value is -3.96. The first-order chi connectivity index (χ1) is 18.7. The number of likely N-dealkylation sites (N-methyl/N-ethyl adjacent to an activating group) is 1. The van der Waals surface area contributed by atoms with E-state index in [1.165, 1.54) is 0 Å². The monoisotopic (exact) mass is 536 g/mol. The van der Waals surface area contributed by atoms with E-state index in [4.69, 9.17) is 9.26 Å². The zero-order chi connectivity index (χ0) is 28.1. The van der Waals surface area contributed by atoms with Crippen LogP contribution in [0.1, 0.15) is 41.2 Å². The molecule has 4 rings (SSSR count). The zero-order valence-corrected chi connectivity index (χ0v) is 23.0. The molecular weight excluding hydrogens is 500 g/mol. The van der Waals surface area contributed by atoms with Crippen molar-refractivity contribution in [2.24, 2.45) is 5.92 Å². The molecule has 2 aromatic heterocycles. The van der Waals surface area contributed by atoms with Crippen molar-refractivity contribution in [2.45, 2.75) is 46.4 Å². The van der Waals surface area contributed by atoms with Crippen molar-refractivity contribution in [3.63, 3.8) is 0 Å². The van der Waals surface area contributed by atoms with Gasteiger partial charge in [0, 0.05) is 43.6 Å². The molecule has 0 fully saturated rings. The molecule has 3 aromatic rings. The molecule has 0 saturated carbocycles. The number of aliphatic hydroxyl groups is 1. The number of hydrogen-bond donors (Lipinski definition) is 3. The van der Waals surface area contributed by atoms with Gasteiger partial charge in [0.2, 0.25) is 0 Å². The fraction of sp³-hybridized carbons (Fsp3) is 0.429. The summed E-state index contributed by atoms with van der Waals surface area (Å²) in [6, 6.07) is 8.09. The number of anilines is 2. The summed E-state index contributed by atoms with van der Waals surface area (Å²) in [4.78, 5) is 34.3. The molecule has 0 bridgehead atoms. The molecule has 3 amide bonds. The second-order valence-corrected chi connectivity index (χ2v) is 10.2. The lowest BCUT2D eigenvalue weighted by Crippen LogP contribution is -2.49. The van der Waals surface area contributed by atoms with Gasteiger partial charge in [0.15, 0.2) is 5.76 Å². The number of ether oxygens (including phenoxy) is 1. The molecule has 11 nitrogen and oxygen atoms in total. The normalized spacial score (nSPS) is 18.1. The number of carbonyl (C=O) groups excluding carboxylic acids is 2. The fourth-order valence-corrected chi connectivity index (χ4v) is 4.63. The highest BCUT2D eigenvalue weighted by atomic mass is 16.5. The lowest BCUT2D eigenvalue weighted by Gasteiger charge is -2.38. The van der Waals surface area contributed by atoms with Crippen LogP contribution in [0.2, 0.25) is 0 Å². The first-order valence-electron chi connectivity index (χ1n) is 13.0. The van der Waals surface area contributed by atoms with Crippen LogP contribution in [0, 0.1) is 19.8 Å². The zero-order valence-electron chi connectivity index (χ0n) is 23.0. The quantitative estimate of drug-likeness (QED) is 0.397. The number of amides is 3. The number of pyridine rings is 1. The van der Waals surface area contributed by atoms with Gasteiger partial charge in [0.25, 0.3) is 5.91 Å². The molecule has 0 unspecified atom stereocenters. The maximum absolute atomic E-state index is 13.7. The predicted octanol–water partition coefficient (Wildman–Crippen LogP) is 3.68. The number of aryl methyl sites for hydroxylation is 2. The molecule has 39 heavy (non-hydrogen) atoms. The van der Waals surface area contributed by atoms with Crippen molar-refractivity contribution in [2.75, 3.05) is 37.4 Å². The third kappa shape index (κ3) is 6.73. The van der Waals surface area contributed by atoms with Crippen LogP contribution in [0.4, 0.5) is 16.2 Å². The summed E-state index contributed by atoms with van der Waals surface area (Å²) in [6.07, 6.45) is 3.32. The fourth-order valence-electron chi connectivity index (χ4n) is 4.63. The lowest BCUT2D eigenvalue weighted by molar-refractivity contribution is 0.0341. The molecule has 0 spiro atoms. The Labute approximate surface area is 228 Å². The van der Waals surface area contributed by atoms with E-state index in [-0.39, 0.29) is 30.6 Å². The van der Waals surface area contributed by atoms with Gasteiger partial charge >= 0.3 is 6.03 Å². The van der Waals surface area contributed by atoms with Crippen molar-refractivity contribution in [3.8, 4) is 5.75 Å². The standard InChI is InChI=1S/C28H36N6O5/c1-17-13-34(18(2)16-35)27(36)23-12-22(30-28(37)31-26-19(3)32-39-20(26)4)6-7-24(23)38-25(17)15-33(5)14-21-8-10-29-11-9-21/h6-12,17-18,25,35H,13-16H2,1-5H3,(H2,30,31,37)/t17-,18+,25-/m1/s1. The van der Waals surface area contributed by atoms with E-state index >= 15 is 0 Å². The summed E-state index contributed by atoms with van der Waals surface area (Å²) < 4.78 is 11.6. The van der Waals surface area contributed by atoms with E-state index in [0.29, 0.717) is 47.2 Å². The Morgan fingerprint density at radius 1 is 1.23 bits per heavy atom. The molecule has 0 saturated heterocycles. The Morgan fingerprint density at radius 2 is 1.97 bits per heavy atom. The number of nitrogens with zero attached hydrogens (tertiary/aromatic N) is 4. The van der Waals surface area contributed by atoms with Crippen molar-refractivity contribution in [3.05, 3.63) is 65.3 Å². The lowest BCUT2D eigenvalue weighted by atomic mass is 9.99. The molecule has 3 heterocycles. The third-order valence-corrected chi connectivity index (χ3v) is 6.89. The smallest absolute Gasteiger partial charge is 0.323 e. The SMILES string of the molecule is Cc1noc(C)c1NC(=O)Nc1ccc2c(c1)C(=O)N([C@@H](C)CO)C[C@@H](C)[C@@H](CN(C)Cc1ccncc1)O2. The summed E-state index contributed by atoms with van der Waals surface area (Å²) in [5, 5.41) is 19.2. The van der Waals surface area contributed by atoms with Crippen LogP contribution in [-0.4, -0.2) is 75.9 Å². The second-order valence-electron chi connectivity index (χ2n) is 10.2. The van der Waals surface area contributed by atoms with Crippen molar-refractivity contribution < 1.29 is 24.0 Å². The minimum atomic E-state index is -0.492. The number of rotatable bonds is 8. The van der Waals surface area contributed by atoms with Crippen LogP contribution in [0.25, 0.3) is 0 Å². The van der Waals surface area contributed by atoms with E-state index < -0.39 is 6.03 Å². The van der Waals surface area contributed by atoms with Gasteiger partial charge in [-0.15, -0.1) is 0 Å². The van der Waals surface area contributed by atoms with E-state index in [9.17, 15) is 14.7 Å². The topological polar surface area (TPSA) is 133 Å². The van der Waals surface area contributed by atoms with Crippen LogP contribution < -0.4 is 15.4 Å². The molecule has 1 aromatic carbocycles. The summed E-state index contributed by atoms with van der Waals surface area (Å²) >= 11 is 0. The number of aromatic nitrogens is 2. The highest BCUT2D eigenvalue weighted by Crippen LogP contribution is 2.31. The van der Waals surface area contributed by atoms with Crippen molar-refractivity contribution in [1.82, 2.24) is 19.9 Å². The molecule has 1 aliphatic rings. The summed E-state index contributed by atoms with van der Waals surface area (Å²) in [7, 11) is 2.03. The average Bonchev–Trinajstić information content (AvgIpc) is 3.23. The van der Waals surface area contributed by atoms with Crippen LogP contribution in [-0.2, 0) is 6.54 Å². The van der Waals surface area contributed by atoms with Gasteiger partial charge in [-0.1, -0.05) is 12.1 Å². The van der Waals surface area contributed by atoms with Crippen LogP contribution in [0.5, 0.6) is 5.75 Å². The second kappa shape index (κ2) is 12.3. The maximum Gasteiger partial charge on any atom is 0.323 e. The van der Waals surface area contributed by atoms with Gasteiger partial charge in [0.05, 0.1) is 18.2 Å². The number of nitrogens with one attached hydrogen (secondary N) is 2. The van der Waals surface area contributed by atoms with Gasteiger partial charge in [-0.3, -0.25) is 14.7 Å². The van der Waals surface area contributed by atoms with E-state index in [1.807, 2.05) is 26.1 Å². The van der Waals surface area contributed by atoms with E-state index in [2.05, 4.69) is 32.6 Å². The number of benzene rings is 1. The Kier molecular flexibility index (Phi) is 8.82. The number of hydrogen-bond acceptors (Lipinski definition) is 8. The molecule has 0 radical (unpaired) electrons. The first-order valence-corrected chi connectivity index (χ1v) is 13.0. The number of carbonyl (C=O) groups is 2. The molecular formula is C28H36N6O5. The Balaban J connectivity index is 1.57. The number of urea groups is 1. The van der Waals surface area contributed by atoms with Crippen molar-refractivity contribution in [1.29, 1.82) is 0 Å². The molecule has 3 N–H and O–H groups in total. The highest BCUT2D eigenvalue weighted by Gasteiger charge is 2.33. The van der Waals surface area contributed by atoms with Gasteiger partial charge in [0.1, 0.15) is 23.2 Å². The van der Waals surface area contributed by atoms with E-state index in [1.54, 1.807) is 49.3 Å². The Morgan fingerprint density at radius 3 is 2.64 bits per heavy atom. The minimum absolute atomic E-state index is 0.00498. The number of aliphatic hydroxyl groups excluding tert-OH is 1.